The summed E-state index contributed by atoms with van der Waals surface area (Å²) in [5, 5.41) is 12.8. The van der Waals surface area contributed by atoms with Gasteiger partial charge < -0.3 is 15.2 Å². The van der Waals surface area contributed by atoms with Crippen LogP contribution in [0, 0.1) is 11.8 Å². The summed E-state index contributed by atoms with van der Waals surface area (Å²) in [6.45, 7) is 2.61. The van der Waals surface area contributed by atoms with Crippen molar-refractivity contribution in [1.29, 1.82) is 0 Å². The Morgan fingerprint density at radius 2 is 1.95 bits per heavy atom. The Morgan fingerprint density at radius 3 is 2.47 bits per heavy atom. The zero-order valence-corrected chi connectivity index (χ0v) is 11.9. The first-order chi connectivity index (χ1) is 9.24. The Morgan fingerprint density at radius 1 is 1.26 bits per heavy atom. The van der Waals surface area contributed by atoms with Crippen molar-refractivity contribution in [3.05, 3.63) is 0 Å². The lowest BCUT2D eigenvalue weighted by atomic mass is 9.85. The van der Waals surface area contributed by atoms with Crippen molar-refractivity contribution in [3.8, 4) is 0 Å². The van der Waals surface area contributed by atoms with Crippen molar-refractivity contribution in [2.24, 2.45) is 11.8 Å². The Hall–Kier alpha value is -0.610. The van der Waals surface area contributed by atoms with Crippen LogP contribution in [0.3, 0.4) is 0 Å². The highest BCUT2D eigenvalue weighted by Gasteiger charge is 2.34. The van der Waals surface area contributed by atoms with Gasteiger partial charge in [0.15, 0.2) is 0 Å². The lowest BCUT2D eigenvalue weighted by Crippen LogP contribution is -2.43. The monoisotopic (exact) mass is 269 g/mol. The summed E-state index contributed by atoms with van der Waals surface area (Å²) in [5.74, 6) is 0.861. The first-order valence-electron chi connectivity index (χ1n) is 7.78. The first kappa shape index (κ1) is 14.8. The number of carbonyl (C=O) groups is 1. The summed E-state index contributed by atoms with van der Waals surface area (Å²) >= 11 is 0. The van der Waals surface area contributed by atoms with Gasteiger partial charge in [-0.25, -0.2) is 0 Å². The maximum atomic E-state index is 11.7. The third-order valence-corrected chi connectivity index (χ3v) is 4.43. The second-order valence-electron chi connectivity index (χ2n) is 5.92. The molecular formula is C15H27NO3. The van der Waals surface area contributed by atoms with Gasteiger partial charge in [-0.2, -0.15) is 0 Å². The maximum Gasteiger partial charge on any atom is 0.308 e. The van der Waals surface area contributed by atoms with Gasteiger partial charge in [-0.05, 0) is 57.8 Å². The number of aliphatic hydroxyl groups excluding tert-OH is 1. The summed E-state index contributed by atoms with van der Waals surface area (Å²) in [7, 11) is 0. The Labute approximate surface area is 115 Å². The topological polar surface area (TPSA) is 58.6 Å². The number of hydrogen-bond donors (Lipinski definition) is 2. The minimum absolute atomic E-state index is 0.0185. The molecule has 0 aromatic heterocycles. The number of esters is 1. The fraction of sp³-hybridized carbons (Fsp3) is 0.933. The molecule has 2 saturated carbocycles. The summed E-state index contributed by atoms with van der Waals surface area (Å²) in [5.41, 5.74) is 0. The molecule has 0 aromatic carbocycles. The standard InChI is InChI=1S/C15H27NO3/c1-2-19-15(18)12-5-7-13(8-6-12)16-14(9-10-17)11-3-4-11/h11-14,16-17H,2-10H2,1H3. The van der Waals surface area contributed by atoms with E-state index in [0.717, 1.165) is 38.0 Å². The lowest BCUT2D eigenvalue weighted by molar-refractivity contribution is -0.149. The van der Waals surface area contributed by atoms with Crippen LogP contribution in [0.1, 0.15) is 51.9 Å². The molecule has 1 unspecified atom stereocenters. The molecule has 0 spiro atoms. The zero-order chi connectivity index (χ0) is 13.7. The predicted molar refractivity (Wildman–Crippen MR) is 73.7 cm³/mol. The van der Waals surface area contributed by atoms with Crippen LogP contribution in [0.2, 0.25) is 0 Å². The number of rotatable bonds is 7. The molecule has 0 aromatic rings. The van der Waals surface area contributed by atoms with E-state index in [-0.39, 0.29) is 18.5 Å². The van der Waals surface area contributed by atoms with Gasteiger partial charge in [0.25, 0.3) is 0 Å². The van der Waals surface area contributed by atoms with Crippen LogP contribution in [0.15, 0.2) is 0 Å². The summed E-state index contributed by atoms with van der Waals surface area (Å²) < 4.78 is 5.09. The van der Waals surface area contributed by atoms with Gasteiger partial charge in [-0.1, -0.05) is 0 Å². The van der Waals surface area contributed by atoms with Gasteiger partial charge >= 0.3 is 5.97 Å². The van der Waals surface area contributed by atoms with E-state index in [9.17, 15) is 4.79 Å². The van der Waals surface area contributed by atoms with Gasteiger partial charge in [0.2, 0.25) is 0 Å². The number of ether oxygens (including phenoxy) is 1. The van der Waals surface area contributed by atoms with Crippen molar-refractivity contribution < 1.29 is 14.6 Å². The van der Waals surface area contributed by atoms with Gasteiger partial charge in [0.05, 0.1) is 12.5 Å². The Balaban J connectivity index is 1.71. The Bertz CT molecular complexity index is 283. The fourth-order valence-corrected chi connectivity index (χ4v) is 3.15. The van der Waals surface area contributed by atoms with Gasteiger partial charge in [-0.15, -0.1) is 0 Å². The number of carbonyl (C=O) groups excluding carboxylic acids is 1. The molecule has 2 N–H and O–H groups in total. The van der Waals surface area contributed by atoms with E-state index < -0.39 is 0 Å². The van der Waals surface area contributed by atoms with E-state index >= 15 is 0 Å². The quantitative estimate of drug-likeness (QED) is 0.693. The highest BCUT2D eigenvalue weighted by atomic mass is 16.5. The summed E-state index contributed by atoms with van der Waals surface area (Å²) in [6.07, 6.45) is 7.45. The van der Waals surface area contributed by atoms with Crippen LogP contribution < -0.4 is 5.32 Å². The normalized spacial score (nSPS) is 28.9. The molecule has 0 bridgehead atoms. The van der Waals surface area contributed by atoms with E-state index in [2.05, 4.69) is 5.32 Å². The average molecular weight is 269 g/mol. The molecule has 0 radical (unpaired) electrons. The molecule has 4 nitrogen and oxygen atoms in total. The molecule has 2 rings (SSSR count). The van der Waals surface area contributed by atoms with Crippen molar-refractivity contribution in [2.45, 2.75) is 64.0 Å². The molecule has 2 fully saturated rings. The van der Waals surface area contributed by atoms with Gasteiger partial charge in [0.1, 0.15) is 0 Å². The minimum atomic E-state index is -0.0185. The predicted octanol–water partition coefficient (Wildman–Crippen LogP) is 1.86. The van der Waals surface area contributed by atoms with E-state index in [1.54, 1.807) is 0 Å². The van der Waals surface area contributed by atoms with E-state index in [4.69, 9.17) is 9.84 Å². The van der Waals surface area contributed by atoms with Crippen molar-refractivity contribution in [3.63, 3.8) is 0 Å². The summed E-state index contributed by atoms with van der Waals surface area (Å²) in [6, 6.07) is 0.997. The number of nitrogens with one attached hydrogen (secondary N) is 1. The highest BCUT2D eigenvalue weighted by molar-refractivity contribution is 5.72. The molecule has 110 valence electrons. The molecule has 2 aliphatic carbocycles. The molecular weight excluding hydrogens is 242 g/mol. The second-order valence-corrected chi connectivity index (χ2v) is 5.92. The molecule has 1 atom stereocenters. The highest BCUT2D eigenvalue weighted by Crippen LogP contribution is 2.35. The van der Waals surface area contributed by atoms with Crippen LogP contribution in [0.4, 0.5) is 0 Å². The van der Waals surface area contributed by atoms with Crippen LogP contribution in [-0.2, 0) is 9.53 Å². The van der Waals surface area contributed by atoms with E-state index in [1.807, 2.05) is 6.92 Å². The smallest absolute Gasteiger partial charge is 0.308 e. The number of aliphatic hydroxyl groups is 1. The van der Waals surface area contributed by atoms with Crippen molar-refractivity contribution >= 4 is 5.97 Å². The molecule has 19 heavy (non-hydrogen) atoms. The van der Waals surface area contributed by atoms with Gasteiger partial charge in [-0.3, -0.25) is 4.79 Å². The van der Waals surface area contributed by atoms with Crippen LogP contribution in [0.5, 0.6) is 0 Å². The number of hydrogen-bond acceptors (Lipinski definition) is 4. The molecule has 0 saturated heterocycles. The largest absolute Gasteiger partial charge is 0.466 e. The van der Waals surface area contributed by atoms with Crippen molar-refractivity contribution in [2.75, 3.05) is 13.2 Å². The molecule has 0 aliphatic heterocycles. The van der Waals surface area contributed by atoms with Crippen LogP contribution in [-0.4, -0.2) is 36.4 Å². The second kappa shape index (κ2) is 7.25. The average Bonchev–Trinajstić information content (AvgIpc) is 3.24. The maximum absolute atomic E-state index is 11.7. The van der Waals surface area contributed by atoms with Crippen LogP contribution >= 0.6 is 0 Å². The lowest BCUT2D eigenvalue weighted by Gasteiger charge is -2.31. The van der Waals surface area contributed by atoms with E-state index in [1.165, 1.54) is 12.8 Å². The molecule has 0 heterocycles. The van der Waals surface area contributed by atoms with Crippen molar-refractivity contribution in [1.82, 2.24) is 5.32 Å². The van der Waals surface area contributed by atoms with E-state index in [0.29, 0.717) is 18.7 Å². The minimum Gasteiger partial charge on any atom is -0.466 e. The third-order valence-electron chi connectivity index (χ3n) is 4.43. The third kappa shape index (κ3) is 4.46. The SMILES string of the molecule is CCOC(=O)C1CCC(NC(CCO)C2CC2)CC1. The molecule has 2 aliphatic rings. The molecule has 0 amide bonds. The fourth-order valence-electron chi connectivity index (χ4n) is 3.15. The first-order valence-corrected chi connectivity index (χ1v) is 7.78. The Kier molecular flexibility index (Phi) is 5.64. The van der Waals surface area contributed by atoms with Crippen LogP contribution in [0.25, 0.3) is 0 Å². The van der Waals surface area contributed by atoms with Gasteiger partial charge in [0, 0.05) is 18.7 Å². The summed E-state index contributed by atoms with van der Waals surface area (Å²) in [4.78, 5) is 11.7. The molecule has 4 heteroatoms. The zero-order valence-electron chi connectivity index (χ0n) is 11.9.